The number of hydrogen-bond donors (Lipinski definition) is 3. The molecule has 0 fully saturated rings. The molecule has 0 aliphatic carbocycles. The lowest BCUT2D eigenvalue weighted by Crippen LogP contribution is -2.17. The first kappa shape index (κ1) is 28.9. The predicted molar refractivity (Wildman–Crippen MR) is 149 cm³/mol. The third-order valence-electron chi connectivity index (χ3n) is 5.98. The van der Waals surface area contributed by atoms with Crippen LogP contribution < -0.4 is 4.74 Å². The average molecular weight is 613 g/mol. The normalized spacial score (nSPS) is 12.9. The smallest absolute Gasteiger partial charge is 0.296 e. The Hall–Kier alpha value is -4.63. The SMILES string of the molecule is Cc1nn(-c2cc(S(=O)(=O)O)ccc2S(=O)(=O)O)c(N=Nc2c(OCC(C)(C)C)[nH]n3c2nc2ccccc23)c1C#N. The maximum absolute atomic E-state index is 12.2. The van der Waals surface area contributed by atoms with Gasteiger partial charge in [0.2, 0.25) is 5.88 Å². The van der Waals surface area contributed by atoms with Gasteiger partial charge in [-0.3, -0.25) is 14.2 Å². The minimum Gasteiger partial charge on any atom is -0.476 e. The number of benzene rings is 2. The Labute approximate surface area is 239 Å². The summed E-state index contributed by atoms with van der Waals surface area (Å²) in [5.41, 5.74) is 1.14. The number of nitrogens with zero attached hydrogens (tertiary/aromatic N) is 7. The van der Waals surface area contributed by atoms with E-state index < -0.39 is 35.7 Å². The lowest BCUT2D eigenvalue weighted by molar-refractivity contribution is 0.191. The summed E-state index contributed by atoms with van der Waals surface area (Å²) in [6.07, 6.45) is 0. The van der Waals surface area contributed by atoms with Gasteiger partial charge in [-0.05, 0) is 42.7 Å². The van der Waals surface area contributed by atoms with Crippen molar-refractivity contribution in [3.05, 3.63) is 53.7 Å². The Morgan fingerprint density at radius 3 is 2.43 bits per heavy atom. The third kappa shape index (κ3) is 5.35. The Morgan fingerprint density at radius 2 is 1.79 bits per heavy atom. The van der Waals surface area contributed by atoms with Gasteiger partial charge in [0.15, 0.2) is 17.2 Å². The van der Waals surface area contributed by atoms with Gasteiger partial charge in [0.05, 0.1) is 33.9 Å². The van der Waals surface area contributed by atoms with Crippen molar-refractivity contribution >= 4 is 48.4 Å². The highest BCUT2D eigenvalue weighted by Crippen LogP contribution is 2.37. The van der Waals surface area contributed by atoms with Gasteiger partial charge in [-0.1, -0.05) is 32.9 Å². The summed E-state index contributed by atoms with van der Waals surface area (Å²) in [7, 11) is -9.73. The molecule has 0 saturated heterocycles. The summed E-state index contributed by atoms with van der Waals surface area (Å²) < 4.78 is 76.0. The molecule has 3 heterocycles. The van der Waals surface area contributed by atoms with Crippen LogP contribution in [0.15, 0.2) is 62.5 Å². The van der Waals surface area contributed by atoms with E-state index in [1.807, 2.05) is 45.0 Å². The summed E-state index contributed by atoms with van der Waals surface area (Å²) in [5.74, 6) is -0.0696. The van der Waals surface area contributed by atoms with Crippen molar-refractivity contribution in [3.63, 3.8) is 0 Å². The molecule has 42 heavy (non-hydrogen) atoms. The molecule has 5 aromatic rings. The van der Waals surface area contributed by atoms with Crippen LogP contribution in [-0.2, 0) is 20.2 Å². The Balaban J connectivity index is 1.75. The zero-order valence-electron chi connectivity index (χ0n) is 22.6. The second-order valence-corrected chi connectivity index (χ2v) is 13.3. The van der Waals surface area contributed by atoms with E-state index in [0.717, 1.165) is 28.4 Å². The molecule has 0 amide bonds. The lowest BCUT2D eigenvalue weighted by atomic mass is 9.99. The van der Waals surface area contributed by atoms with E-state index in [9.17, 15) is 31.2 Å². The van der Waals surface area contributed by atoms with Crippen LogP contribution in [0.3, 0.4) is 0 Å². The van der Waals surface area contributed by atoms with E-state index >= 15 is 0 Å². The van der Waals surface area contributed by atoms with Crippen LogP contribution in [0.2, 0.25) is 0 Å². The van der Waals surface area contributed by atoms with Crippen LogP contribution in [0.25, 0.3) is 22.4 Å². The zero-order chi connectivity index (χ0) is 30.6. The van der Waals surface area contributed by atoms with E-state index in [4.69, 9.17) is 4.74 Å². The van der Waals surface area contributed by atoms with E-state index in [1.165, 1.54) is 6.92 Å². The molecule has 5 rings (SSSR count). The van der Waals surface area contributed by atoms with Crippen molar-refractivity contribution in [2.45, 2.75) is 37.5 Å². The van der Waals surface area contributed by atoms with Crippen LogP contribution in [0.1, 0.15) is 32.0 Å². The number of rotatable bonds is 7. The second-order valence-electron chi connectivity index (χ2n) is 10.5. The van der Waals surface area contributed by atoms with Crippen molar-refractivity contribution in [2.24, 2.45) is 15.6 Å². The number of aromatic nitrogens is 5. The summed E-state index contributed by atoms with van der Waals surface area (Å²) in [4.78, 5) is 3.17. The zero-order valence-corrected chi connectivity index (χ0v) is 24.3. The molecule has 0 spiro atoms. The van der Waals surface area contributed by atoms with Gasteiger partial charge in [0.25, 0.3) is 20.2 Å². The number of ether oxygens (including phenoxy) is 1. The summed E-state index contributed by atoms with van der Waals surface area (Å²) in [6.45, 7) is 7.67. The average Bonchev–Trinajstić information content (AvgIpc) is 3.53. The number of hydrogen-bond acceptors (Lipinski definition) is 10. The molecule has 3 aromatic heterocycles. The molecule has 0 aliphatic rings. The second kappa shape index (κ2) is 10.0. The first-order valence-electron chi connectivity index (χ1n) is 12.2. The molecular weight excluding hydrogens is 588 g/mol. The number of aryl methyl sites for hydroxylation is 1. The summed E-state index contributed by atoms with van der Waals surface area (Å²) in [5, 5.41) is 25.7. The van der Waals surface area contributed by atoms with Crippen LogP contribution in [-0.4, -0.2) is 56.9 Å². The fourth-order valence-corrected chi connectivity index (χ4v) is 5.23. The van der Waals surface area contributed by atoms with Gasteiger partial charge >= 0.3 is 0 Å². The van der Waals surface area contributed by atoms with Gasteiger partial charge in [-0.2, -0.15) is 27.2 Å². The largest absolute Gasteiger partial charge is 0.476 e. The van der Waals surface area contributed by atoms with E-state index in [1.54, 1.807) is 10.6 Å². The minimum atomic E-state index is -4.93. The molecule has 17 heteroatoms. The van der Waals surface area contributed by atoms with Gasteiger partial charge in [0.1, 0.15) is 16.5 Å². The molecule has 0 unspecified atom stereocenters. The predicted octanol–water partition coefficient (Wildman–Crippen LogP) is 4.52. The number of fused-ring (bicyclic) bond motifs is 3. The molecule has 0 atom stereocenters. The monoisotopic (exact) mass is 612 g/mol. The molecule has 0 radical (unpaired) electrons. The van der Waals surface area contributed by atoms with Crippen molar-refractivity contribution in [2.75, 3.05) is 6.61 Å². The molecule has 0 aliphatic heterocycles. The number of imidazole rings is 1. The maximum atomic E-state index is 12.2. The number of nitriles is 1. The molecule has 2 aromatic carbocycles. The van der Waals surface area contributed by atoms with Crippen molar-refractivity contribution < 1.29 is 30.7 Å². The van der Waals surface area contributed by atoms with Crippen molar-refractivity contribution in [3.8, 4) is 17.6 Å². The van der Waals surface area contributed by atoms with Crippen molar-refractivity contribution in [1.29, 1.82) is 5.26 Å². The van der Waals surface area contributed by atoms with Gasteiger partial charge in [0, 0.05) is 0 Å². The molecule has 0 bridgehead atoms. The van der Waals surface area contributed by atoms with Crippen LogP contribution in [0, 0.1) is 23.7 Å². The highest BCUT2D eigenvalue weighted by Gasteiger charge is 2.26. The van der Waals surface area contributed by atoms with E-state index in [0.29, 0.717) is 11.2 Å². The number of aromatic amines is 1. The van der Waals surface area contributed by atoms with Gasteiger partial charge in [-0.15, -0.1) is 10.2 Å². The van der Waals surface area contributed by atoms with E-state index in [-0.39, 0.29) is 40.7 Å². The van der Waals surface area contributed by atoms with Crippen LogP contribution >= 0.6 is 0 Å². The molecule has 0 saturated carbocycles. The first-order valence-corrected chi connectivity index (χ1v) is 15.1. The Morgan fingerprint density at radius 1 is 1.07 bits per heavy atom. The highest BCUT2D eigenvalue weighted by molar-refractivity contribution is 7.86. The van der Waals surface area contributed by atoms with Crippen molar-refractivity contribution in [1.82, 2.24) is 24.4 Å². The number of azo groups is 1. The first-order chi connectivity index (χ1) is 19.6. The quantitative estimate of drug-likeness (QED) is 0.172. The summed E-state index contributed by atoms with van der Waals surface area (Å²) >= 11 is 0. The van der Waals surface area contributed by atoms with Crippen LogP contribution in [0.4, 0.5) is 11.5 Å². The van der Waals surface area contributed by atoms with Gasteiger partial charge < -0.3 is 4.74 Å². The minimum absolute atomic E-state index is 0.0972. The third-order valence-corrected chi connectivity index (χ3v) is 7.73. The standard InChI is InChI=1S/C25H24N8O7S2/c1-14-16(12-26)22(33(30-14)19-11-15(41(34,35)36)9-10-20(19)42(37,38)39)29-28-21-23-27-17-7-5-6-8-18(17)32(23)31-24(21)40-13-25(2,3)4/h5-11,31H,13H2,1-4H3,(H,34,35,36)(H,37,38,39). The van der Waals surface area contributed by atoms with E-state index in [2.05, 4.69) is 25.4 Å². The lowest BCUT2D eigenvalue weighted by Gasteiger charge is -2.17. The van der Waals surface area contributed by atoms with Gasteiger partial charge in [-0.25, -0.2) is 14.2 Å². The maximum Gasteiger partial charge on any atom is 0.296 e. The molecule has 218 valence electrons. The topological polar surface area (TPSA) is 217 Å². The summed E-state index contributed by atoms with van der Waals surface area (Å²) in [6, 6.07) is 11.6. The fourth-order valence-electron chi connectivity index (χ4n) is 4.08. The highest BCUT2D eigenvalue weighted by atomic mass is 32.2. The Bertz CT molecular complexity index is 2160. The number of H-pyrrole nitrogens is 1. The fraction of sp³-hybridized carbons (Fsp3) is 0.240. The number of para-hydroxylation sites is 2. The molecule has 15 nitrogen and oxygen atoms in total. The molecular formula is C25H24N8O7S2. The Kier molecular flexibility index (Phi) is 6.89. The molecule has 3 N–H and O–H groups in total. The number of nitrogens with one attached hydrogen (secondary N) is 1. The van der Waals surface area contributed by atoms with Crippen LogP contribution in [0.5, 0.6) is 5.88 Å².